The molecule has 1 amide bonds. The number of hydrogen-bond donors (Lipinski definition) is 5. The molecule has 83 heavy (non-hydrogen) atoms. The Hall–Kier alpha value is -4.06. The van der Waals surface area contributed by atoms with Crippen LogP contribution in [0.25, 0.3) is 0 Å². The molecule has 4 rings (SSSR count). The van der Waals surface area contributed by atoms with Crippen LogP contribution in [0.1, 0.15) is 186 Å². The number of phosphoric acid groups is 3. The van der Waals surface area contributed by atoms with E-state index in [1.165, 1.54) is 101 Å². The van der Waals surface area contributed by atoms with E-state index in [0.29, 0.717) is 17.4 Å². The topological polar surface area (TPSA) is 325 Å². The van der Waals surface area contributed by atoms with Gasteiger partial charge in [-0.05, 0) is 87.5 Å². The third-order valence-electron chi connectivity index (χ3n) is 13.3. The summed E-state index contributed by atoms with van der Waals surface area (Å²) < 4.78 is 81.8. The summed E-state index contributed by atoms with van der Waals surface area (Å²) in [5, 5.41) is 21.1. The van der Waals surface area contributed by atoms with E-state index in [0.717, 1.165) is 76.6 Å². The number of nitrogens with zero attached hydrogens (tertiary/aromatic N) is 4. The highest BCUT2D eigenvalue weighted by Crippen LogP contribution is 2.69. The molecule has 0 bridgehead atoms. The average molecular weight is 1230 g/mol. The first kappa shape index (κ1) is 75.0. The smallest absolute Gasteiger partial charge is 0.427 e. The lowest BCUT2D eigenvalue weighted by molar-refractivity contribution is -0.135. The molecular weight excluding hydrogens is 1140 g/mol. The Morgan fingerprint density at radius 1 is 0.590 bits per heavy atom. The van der Waals surface area contributed by atoms with E-state index < -0.39 is 96.9 Å². The highest BCUT2D eigenvalue weighted by Gasteiger charge is 2.48. The van der Waals surface area contributed by atoms with Crippen molar-refractivity contribution in [2.45, 2.75) is 196 Å². The maximum atomic E-state index is 14.0. The molecule has 2 aromatic carbocycles. The van der Waals surface area contributed by atoms with Crippen LogP contribution >= 0.6 is 23.5 Å². The molecule has 1 aliphatic heterocycles. The van der Waals surface area contributed by atoms with E-state index in [-0.39, 0.29) is 35.5 Å². The van der Waals surface area contributed by atoms with E-state index in [1.807, 2.05) is 0 Å². The molecule has 0 radical (unpaired) electrons. The first-order valence-corrected chi connectivity index (χ1v) is 33.5. The van der Waals surface area contributed by atoms with Gasteiger partial charge in [0.15, 0.2) is 11.9 Å². The number of aliphatic hydroxyl groups excluding tert-OH is 2. The van der Waals surface area contributed by atoms with Gasteiger partial charge in [-0.3, -0.25) is 37.3 Å². The maximum absolute atomic E-state index is 14.0. The summed E-state index contributed by atoms with van der Waals surface area (Å²) in [7, 11) is -16.9. The molecule has 24 nitrogen and oxygen atoms in total. The number of hydrogen-bond acceptors (Lipinski definition) is 20. The van der Waals surface area contributed by atoms with E-state index in [1.54, 1.807) is 0 Å². The molecule has 2 heterocycles. The Bertz CT molecular complexity index is 2410. The number of primary amides is 1. The zero-order valence-electron chi connectivity index (χ0n) is 49.9. The molecule has 6 N–H and O–H groups in total. The van der Waals surface area contributed by atoms with Crippen molar-refractivity contribution in [2.24, 2.45) is 5.73 Å². The van der Waals surface area contributed by atoms with Crippen LogP contribution < -0.4 is 20.8 Å². The summed E-state index contributed by atoms with van der Waals surface area (Å²) in [4.78, 5) is 78.4. The van der Waals surface area contributed by atoms with E-state index in [4.69, 9.17) is 37.8 Å². The minimum absolute atomic E-state index is 0.213. The Labute approximate surface area is 490 Å². The van der Waals surface area contributed by atoms with Crippen molar-refractivity contribution in [2.75, 3.05) is 45.9 Å². The first-order valence-electron chi connectivity index (χ1n) is 29.1. The first-order chi connectivity index (χ1) is 39.5. The number of aliphatic hydroxyl groups is 2. The number of amides is 1. The molecule has 1 fully saturated rings. The highest BCUT2D eigenvalue weighted by molar-refractivity contribution is 7.67. The lowest BCUT2D eigenvalue weighted by Gasteiger charge is -2.22. The number of unbranched alkanes of at least 4 members (excludes halogenated alkanes) is 12. The summed E-state index contributed by atoms with van der Waals surface area (Å²) >= 11 is 0. The number of nitrogens with two attached hydrogens (primary N) is 1. The molecule has 472 valence electrons. The Kier molecular flexibility index (Phi) is 37.2. The molecule has 27 heteroatoms. The SMILES string of the molecule is CCCCCCCCCC(=O)Oc1ccc(COP(=O)(OCc2ccc(OC(=O)CCCCCCCCC)cc2)OP(=O)(O)OP(=O)(O)OC[C@H]2O[C@@H](n3ccnc(C(N)=O)c3=O)[C@H](O)[C@@H]2O)cc1.CCN(CC)CC.CCN(CC)CC. The lowest BCUT2D eigenvalue weighted by atomic mass is 10.1. The summed E-state index contributed by atoms with van der Waals surface area (Å²) in [6.45, 7) is 22.2. The van der Waals surface area contributed by atoms with E-state index >= 15 is 0 Å². The van der Waals surface area contributed by atoms with Crippen molar-refractivity contribution in [3.05, 3.63) is 88.1 Å². The van der Waals surface area contributed by atoms with E-state index in [9.17, 15) is 52.9 Å². The minimum Gasteiger partial charge on any atom is -0.427 e. The second-order valence-electron chi connectivity index (χ2n) is 19.5. The van der Waals surface area contributed by atoms with Crippen molar-refractivity contribution < 1.29 is 84.5 Å². The number of esters is 2. The summed E-state index contributed by atoms with van der Waals surface area (Å²) in [6, 6.07) is 11.5. The second-order valence-corrected chi connectivity index (χ2v) is 24.4. The fourth-order valence-electron chi connectivity index (χ4n) is 8.21. The van der Waals surface area contributed by atoms with Crippen LogP contribution in [0.4, 0.5) is 0 Å². The molecule has 0 spiro atoms. The van der Waals surface area contributed by atoms with Gasteiger partial charge < -0.3 is 49.7 Å². The molecule has 2 unspecified atom stereocenters. The second kappa shape index (κ2) is 41.1. The predicted molar refractivity (Wildman–Crippen MR) is 314 cm³/mol. The van der Waals surface area contributed by atoms with Gasteiger partial charge in [0.25, 0.3) is 11.5 Å². The van der Waals surface area contributed by atoms with Gasteiger partial charge in [-0.15, -0.1) is 0 Å². The van der Waals surface area contributed by atoms with Gasteiger partial charge >= 0.3 is 35.4 Å². The molecule has 0 saturated carbocycles. The molecule has 3 aromatic rings. The van der Waals surface area contributed by atoms with Gasteiger partial charge in [0.2, 0.25) is 0 Å². The summed E-state index contributed by atoms with van der Waals surface area (Å²) in [6.07, 6.45) is 9.77. The summed E-state index contributed by atoms with van der Waals surface area (Å²) in [5.41, 5.74) is 3.93. The predicted octanol–water partition coefficient (Wildman–Crippen LogP) is 10.5. The van der Waals surface area contributed by atoms with Crippen LogP contribution in [0, 0.1) is 0 Å². The molecule has 1 aromatic heterocycles. The number of ether oxygens (including phenoxy) is 3. The van der Waals surface area contributed by atoms with Gasteiger partial charge in [-0.1, -0.05) is 157 Å². The fourth-order valence-corrected chi connectivity index (χ4v) is 12.2. The minimum atomic E-state index is -5.95. The third-order valence-corrected chi connectivity index (χ3v) is 17.9. The Morgan fingerprint density at radius 2 is 1.00 bits per heavy atom. The van der Waals surface area contributed by atoms with Crippen LogP contribution in [-0.4, -0.2) is 121 Å². The standard InChI is InChI=1S/C44H64N3O19P3.2C6H15N/c1-3-5-7-9-11-13-15-17-37(48)62-34-23-19-32(20-24-34)29-60-69(58,61-30-33-21-25-35(26-22-33)63-38(49)18-16-14-12-10-8-6-4-2)66-68(56,57)65-67(54,55)59-31-36-40(50)41(51)44(64-36)47-28-27-46-39(42(45)52)43(47)53;2*1-4-7(5-2)6-3/h19-28,36,40-41,44,50-51H,3-18,29-31H2,1-2H3,(H2,45,52)(H,54,55)(H,56,57);2*4-6H2,1-3H3/t36-,40-,41-,44-;;/m1../s1. The van der Waals surface area contributed by atoms with Crippen molar-refractivity contribution in [3.8, 4) is 11.5 Å². The monoisotopic (exact) mass is 1230 g/mol. The molecule has 1 saturated heterocycles. The number of carbonyl (C=O) groups excluding carboxylic acids is 3. The van der Waals surface area contributed by atoms with Gasteiger partial charge in [-0.25, -0.2) is 18.7 Å². The fraction of sp³-hybridized carbons (Fsp3) is 0.661. The van der Waals surface area contributed by atoms with Crippen molar-refractivity contribution >= 4 is 41.3 Å². The van der Waals surface area contributed by atoms with Gasteiger partial charge in [0.1, 0.15) is 29.8 Å². The van der Waals surface area contributed by atoms with Crippen LogP contribution in [0.2, 0.25) is 0 Å². The normalized spacial score (nSPS) is 17.4. The maximum Gasteiger partial charge on any atom is 0.490 e. The molecule has 1 aliphatic rings. The molecule has 6 atom stereocenters. The molecule has 0 aliphatic carbocycles. The highest BCUT2D eigenvalue weighted by atomic mass is 31.3. The zero-order chi connectivity index (χ0) is 61.9. The van der Waals surface area contributed by atoms with Gasteiger partial charge in [0, 0.05) is 25.2 Å². The van der Waals surface area contributed by atoms with Gasteiger partial charge in [-0.2, -0.15) is 8.62 Å². The quantitative estimate of drug-likeness (QED) is 0.0153. The van der Waals surface area contributed by atoms with E-state index in [2.05, 4.69) is 74.5 Å². The number of benzene rings is 2. The van der Waals surface area contributed by atoms with Crippen LogP contribution in [-0.2, 0) is 63.4 Å². The van der Waals surface area contributed by atoms with Crippen molar-refractivity contribution in [1.82, 2.24) is 19.4 Å². The largest absolute Gasteiger partial charge is 0.490 e. The van der Waals surface area contributed by atoms with Gasteiger partial charge in [0.05, 0.1) is 19.8 Å². The average Bonchev–Trinajstić information content (AvgIpc) is 3.95. The lowest BCUT2D eigenvalue weighted by Crippen LogP contribution is -2.38. The number of aromatic nitrogens is 2. The summed E-state index contributed by atoms with van der Waals surface area (Å²) in [5.74, 6) is -1.61. The third kappa shape index (κ3) is 30.2. The number of rotatable bonds is 39. The van der Waals surface area contributed by atoms with Crippen LogP contribution in [0.3, 0.4) is 0 Å². The zero-order valence-corrected chi connectivity index (χ0v) is 52.6. The Morgan fingerprint density at radius 3 is 1.39 bits per heavy atom. The van der Waals surface area contributed by atoms with Crippen LogP contribution in [0.15, 0.2) is 65.7 Å². The van der Waals surface area contributed by atoms with Crippen molar-refractivity contribution in [1.29, 1.82) is 0 Å². The Balaban J connectivity index is 0.00000148. The number of carbonyl (C=O) groups is 3. The molecular formula is C56H94N5O19P3. The number of phosphoric ester groups is 2. The van der Waals surface area contributed by atoms with Crippen molar-refractivity contribution in [3.63, 3.8) is 0 Å². The van der Waals surface area contributed by atoms with Crippen LogP contribution in [0.5, 0.6) is 11.5 Å².